The fourth-order valence-corrected chi connectivity index (χ4v) is 4.08. The highest BCUT2D eigenvalue weighted by atomic mass is 16.3. The van der Waals surface area contributed by atoms with Gasteiger partial charge in [0.2, 0.25) is 0 Å². The van der Waals surface area contributed by atoms with Crippen LogP contribution in [0.4, 0.5) is 0 Å². The molecule has 1 spiro atoms. The molecule has 2 fully saturated rings. The van der Waals surface area contributed by atoms with Gasteiger partial charge in [0.05, 0.1) is 12.1 Å². The predicted molar refractivity (Wildman–Crippen MR) is 82.6 cm³/mol. The summed E-state index contributed by atoms with van der Waals surface area (Å²) in [7, 11) is 0. The molecule has 1 aliphatic heterocycles. The number of benzene rings is 1. The van der Waals surface area contributed by atoms with E-state index >= 15 is 0 Å². The summed E-state index contributed by atoms with van der Waals surface area (Å²) in [4.78, 5) is 2.49. The van der Waals surface area contributed by atoms with Crippen molar-refractivity contribution in [1.82, 2.24) is 4.90 Å². The van der Waals surface area contributed by atoms with Gasteiger partial charge in [-0.3, -0.25) is 4.90 Å². The normalized spacial score (nSPS) is 25.7. The first-order valence-electron chi connectivity index (χ1n) is 8.10. The Morgan fingerprint density at radius 1 is 1.05 bits per heavy atom. The van der Waals surface area contributed by atoms with Crippen LogP contribution in [0.25, 0.3) is 0 Å². The molecule has 1 unspecified atom stereocenters. The molecular formula is C18H27NO. The minimum absolute atomic E-state index is 0.201. The van der Waals surface area contributed by atoms with Crippen LogP contribution in [0.5, 0.6) is 0 Å². The number of rotatable bonds is 3. The van der Waals surface area contributed by atoms with Gasteiger partial charge in [0, 0.05) is 13.1 Å². The maximum atomic E-state index is 9.97. The minimum Gasteiger partial charge on any atom is -0.394 e. The van der Waals surface area contributed by atoms with Crippen molar-refractivity contribution in [2.75, 3.05) is 19.7 Å². The number of nitrogens with zero attached hydrogens (tertiary/aromatic N) is 1. The second-order valence-corrected chi connectivity index (χ2v) is 7.07. The van der Waals surface area contributed by atoms with E-state index in [2.05, 4.69) is 36.1 Å². The molecule has 1 N–H and O–H groups in total. The zero-order valence-corrected chi connectivity index (χ0v) is 12.6. The molecule has 20 heavy (non-hydrogen) atoms. The number of aliphatic hydroxyl groups excluding tert-OH is 1. The standard InChI is InChI=1S/C18H27NO/c1-17(15-20,16-9-5-4-6-10-16)19-13-18(14-19)11-7-2-3-8-12-18/h4-6,9-10,20H,2-3,7-8,11-15H2,1H3. The zero-order valence-electron chi connectivity index (χ0n) is 12.6. The van der Waals surface area contributed by atoms with Crippen LogP contribution in [0.2, 0.25) is 0 Å². The second-order valence-electron chi connectivity index (χ2n) is 7.07. The van der Waals surface area contributed by atoms with E-state index in [1.807, 2.05) is 6.07 Å². The van der Waals surface area contributed by atoms with Crippen LogP contribution < -0.4 is 0 Å². The van der Waals surface area contributed by atoms with Crippen LogP contribution in [0, 0.1) is 5.41 Å². The second kappa shape index (κ2) is 5.50. The summed E-state index contributed by atoms with van der Waals surface area (Å²) in [6.07, 6.45) is 8.40. The van der Waals surface area contributed by atoms with E-state index < -0.39 is 0 Å². The van der Waals surface area contributed by atoms with Gasteiger partial charge in [-0.05, 0) is 30.7 Å². The molecule has 1 saturated heterocycles. The molecule has 2 aliphatic rings. The lowest BCUT2D eigenvalue weighted by atomic mass is 9.70. The van der Waals surface area contributed by atoms with E-state index in [9.17, 15) is 5.11 Å². The number of likely N-dealkylation sites (tertiary alicyclic amines) is 1. The fraction of sp³-hybridized carbons (Fsp3) is 0.667. The summed E-state index contributed by atoms with van der Waals surface area (Å²) >= 11 is 0. The lowest BCUT2D eigenvalue weighted by molar-refractivity contribution is -0.101. The molecule has 3 rings (SSSR count). The van der Waals surface area contributed by atoms with Crippen molar-refractivity contribution in [3.05, 3.63) is 35.9 Å². The third-order valence-electron chi connectivity index (χ3n) is 5.62. The predicted octanol–water partition coefficient (Wildman–Crippen LogP) is 3.55. The monoisotopic (exact) mass is 273 g/mol. The van der Waals surface area contributed by atoms with Gasteiger partial charge >= 0.3 is 0 Å². The van der Waals surface area contributed by atoms with Crippen LogP contribution in [-0.2, 0) is 5.54 Å². The maximum absolute atomic E-state index is 9.97. The summed E-state index contributed by atoms with van der Waals surface area (Å²) in [5.74, 6) is 0. The average molecular weight is 273 g/mol. The van der Waals surface area contributed by atoms with Gasteiger partial charge in [-0.25, -0.2) is 0 Å². The zero-order chi connectivity index (χ0) is 14.1. The van der Waals surface area contributed by atoms with E-state index in [1.54, 1.807) is 0 Å². The molecule has 110 valence electrons. The largest absolute Gasteiger partial charge is 0.394 e. The molecule has 0 radical (unpaired) electrons. The third kappa shape index (κ3) is 2.40. The first-order chi connectivity index (χ1) is 9.69. The van der Waals surface area contributed by atoms with Gasteiger partial charge < -0.3 is 5.11 Å². The van der Waals surface area contributed by atoms with Crippen molar-refractivity contribution in [3.63, 3.8) is 0 Å². The van der Waals surface area contributed by atoms with Crippen molar-refractivity contribution in [1.29, 1.82) is 0 Å². The molecule has 1 heterocycles. The molecule has 0 aromatic heterocycles. The van der Waals surface area contributed by atoms with Gasteiger partial charge in [0.25, 0.3) is 0 Å². The molecule has 1 aromatic carbocycles. The molecular weight excluding hydrogens is 246 g/mol. The third-order valence-corrected chi connectivity index (χ3v) is 5.62. The minimum atomic E-state index is -0.210. The van der Waals surface area contributed by atoms with Gasteiger partial charge in [-0.1, -0.05) is 56.0 Å². The Hall–Kier alpha value is -0.860. The van der Waals surface area contributed by atoms with Gasteiger partial charge in [-0.15, -0.1) is 0 Å². The molecule has 1 aliphatic carbocycles. The molecule has 1 aromatic rings. The number of hydrogen-bond acceptors (Lipinski definition) is 2. The Morgan fingerprint density at radius 3 is 2.20 bits per heavy atom. The molecule has 2 nitrogen and oxygen atoms in total. The molecule has 1 saturated carbocycles. The van der Waals surface area contributed by atoms with Crippen LogP contribution in [0.1, 0.15) is 51.0 Å². The Labute approximate surface area is 122 Å². The highest BCUT2D eigenvalue weighted by Crippen LogP contribution is 2.47. The van der Waals surface area contributed by atoms with Crippen LogP contribution in [0.15, 0.2) is 30.3 Å². The van der Waals surface area contributed by atoms with Gasteiger partial charge in [-0.2, -0.15) is 0 Å². The first-order valence-corrected chi connectivity index (χ1v) is 8.10. The van der Waals surface area contributed by atoms with E-state index in [0.29, 0.717) is 5.41 Å². The summed E-state index contributed by atoms with van der Waals surface area (Å²) in [5.41, 5.74) is 1.59. The summed E-state index contributed by atoms with van der Waals surface area (Å²) in [6.45, 7) is 4.72. The number of aliphatic hydroxyl groups is 1. The van der Waals surface area contributed by atoms with Crippen molar-refractivity contribution < 1.29 is 5.11 Å². The molecule has 2 heteroatoms. The van der Waals surface area contributed by atoms with Gasteiger partial charge in [0.15, 0.2) is 0 Å². The highest BCUT2D eigenvalue weighted by Gasteiger charge is 2.49. The average Bonchev–Trinajstić information content (AvgIpc) is 2.72. The topological polar surface area (TPSA) is 23.5 Å². The number of hydrogen-bond donors (Lipinski definition) is 1. The van der Waals surface area contributed by atoms with Crippen LogP contribution >= 0.6 is 0 Å². The Balaban J connectivity index is 1.73. The van der Waals surface area contributed by atoms with Crippen molar-refractivity contribution in [2.45, 2.75) is 51.0 Å². The lowest BCUT2D eigenvalue weighted by Gasteiger charge is -2.57. The van der Waals surface area contributed by atoms with E-state index in [1.165, 1.54) is 57.2 Å². The quantitative estimate of drug-likeness (QED) is 0.910. The van der Waals surface area contributed by atoms with Crippen molar-refractivity contribution in [2.24, 2.45) is 5.41 Å². The summed E-state index contributed by atoms with van der Waals surface area (Å²) < 4.78 is 0. The maximum Gasteiger partial charge on any atom is 0.0665 e. The summed E-state index contributed by atoms with van der Waals surface area (Å²) in [5, 5.41) is 9.97. The Morgan fingerprint density at radius 2 is 1.65 bits per heavy atom. The smallest absolute Gasteiger partial charge is 0.0665 e. The Bertz CT molecular complexity index is 428. The molecule has 0 bridgehead atoms. The first kappa shape index (κ1) is 14.1. The van der Waals surface area contributed by atoms with Crippen molar-refractivity contribution >= 4 is 0 Å². The highest BCUT2D eigenvalue weighted by molar-refractivity contribution is 5.25. The summed E-state index contributed by atoms with van der Waals surface area (Å²) in [6, 6.07) is 10.5. The SMILES string of the molecule is CC(CO)(c1ccccc1)N1CC2(CCCCCC2)C1. The van der Waals surface area contributed by atoms with E-state index in [4.69, 9.17) is 0 Å². The Kier molecular flexibility index (Phi) is 3.87. The van der Waals surface area contributed by atoms with E-state index in [-0.39, 0.29) is 12.1 Å². The van der Waals surface area contributed by atoms with Crippen LogP contribution in [0.3, 0.4) is 0 Å². The van der Waals surface area contributed by atoms with Crippen molar-refractivity contribution in [3.8, 4) is 0 Å². The fourth-order valence-electron chi connectivity index (χ4n) is 4.08. The van der Waals surface area contributed by atoms with Crippen LogP contribution in [-0.4, -0.2) is 29.7 Å². The van der Waals surface area contributed by atoms with Gasteiger partial charge in [0.1, 0.15) is 0 Å². The van der Waals surface area contributed by atoms with E-state index in [0.717, 1.165) is 0 Å². The molecule has 0 amide bonds. The molecule has 1 atom stereocenters. The lowest BCUT2D eigenvalue weighted by Crippen LogP contribution is -2.64.